The number of aliphatic hydroxyl groups excluding tert-OH is 1. The average Bonchev–Trinajstić information content (AvgIpc) is 3.44. The van der Waals surface area contributed by atoms with E-state index in [-0.39, 0.29) is 5.70 Å². The summed E-state index contributed by atoms with van der Waals surface area (Å²) in [5.74, 6) is -3.19. The van der Waals surface area contributed by atoms with Gasteiger partial charge in [-0.25, -0.2) is 10.0 Å². The summed E-state index contributed by atoms with van der Waals surface area (Å²) in [6, 6.07) is 7.47. The highest BCUT2D eigenvalue weighted by atomic mass is 16.7. The van der Waals surface area contributed by atoms with Crippen LogP contribution in [0, 0.1) is 5.41 Å². The van der Waals surface area contributed by atoms with Crippen molar-refractivity contribution in [3.8, 4) is 0 Å². The summed E-state index contributed by atoms with van der Waals surface area (Å²) in [5, 5.41) is 15.5. The van der Waals surface area contributed by atoms with E-state index in [1.165, 1.54) is 41.7 Å². The Morgan fingerprint density at radius 3 is 2.69 bits per heavy atom. The Labute approximate surface area is 184 Å². The number of rotatable bonds is 4. The van der Waals surface area contributed by atoms with E-state index in [2.05, 4.69) is 21.9 Å². The van der Waals surface area contributed by atoms with Crippen LogP contribution in [0.15, 0.2) is 67.0 Å². The van der Waals surface area contributed by atoms with Crippen molar-refractivity contribution in [3.63, 3.8) is 0 Å². The van der Waals surface area contributed by atoms with Crippen molar-refractivity contribution in [2.45, 2.75) is 25.0 Å². The standard InChI is InChI=1S/C23H23N5O4/c1-5-21(2,3)22-11-18(29)20(31)27-17(10-14-12-24-13-25-14)19(30)26-23(22,27)28(32-4)16-9-7-6-8-15(16)22/h5-13,29H,1H2,2-4H3,(H,24,25)(H,26,30). The van der Waals surface area contributed by atoms with Crippen LogP contribution in [0.5, 0.6) is 0 Å². The van der Waals surface area contributed by atoms with Gasteiger partial charge in [0.2, 0.25) is 5.79 Å². The monoisotopic (exact) mass is 433 g/mol. The fraction of sp³-hybridized carbons (Fsp3) is 0.261. The summed E-state index contributed by atoms with van der Waals surface area (Å²) >= 11 is 0. The molecule has 0 aliphatic carbocycles. The molecule has 1 fully saturated rings. The molecule has 3 aliphatic heterocycles. The highest BCUT2D eigenvalue weighted by Gasteiger charge is 2.76. The van der Waals surface area contributed by atoms with Gasteiger partial charge in [-0.3, -0.25) is 19.3 Å². The lowest BCUT2D eigenvalue weighted by molar-refractivity contribution is -0.144. The minimum atomic E-state index is -1.52. The Bertz CT molecular complexity index is 1210. The molecular formula is C23H23N5O4. The van der Waals surface area contributed by atoms with Crippen molar-refractivity contribution in [2.24, 2.45) is 5.41 Å². The van der Waals surface area contributed by atoms with Gasteiger partial charge < -0.3 is 15.4 Å². The Hall–Kier alpha value is -3.85. The topological polar surface area (TPSA) is 111 Å². The molecule has 1 spiro atoms. The third-order valence-electron chi connectivity index (χ3n) is 6.77. The number of para-hydroxylation sites is 1. The normalized spacial score (nSPS) is 27.7. The molecule has 1 saturated heterocycles. The van der Waals surface area contributed by atoms with E-state index in [9.17, 15) is 14.7 Å². The zero-order chi connectivity index (χ0) is 22.9. The maximum Gasteiger partial charge on any atom is 0.296 e. The number of aliphatic hydroxyl groups is 1. The van der Waals surface area contributed by atoms with E-state index in [4.69, 9.17) is 4.84 Å². The summed E-state index contributed by atoms with van der Waals surface area (Å²) in [5.41, 5.74) is 0.141. The van der Waals surface area contributed by atoms with Crippen LogP contribution >= 0.6 is 0 Å². The summed E-state index contributed by atoms with van der Waals surface area (Å²) in [6.07, 6.45) is 7.81. The van der Waals surface area contributed by atoms with Gasteiger partial charge in [0.15, 0.2) is 5.76 Å². The van der Waals surface area contributed by atoms with E-state index >= 15 is 0 Å². The van der Waals surface area contributed by atoms with Crippen molar-refractivity contribution in [1.29, 1.82) is 0 Å². The van der Waals surface area contributed by atoms with Crippen molar-refractivity contribution in [3.05, 3.63) is 78.2 Å². The van der Waals surface area contributed by atoms with Crippen LogP contribution in [-0.4, -0.2) is 44.7 Å². The van der Waals surface area contributed by atoms with Gasteiger partial charge in [-0.15, -0.1) is 6.58 Å². The van der Waals surface area contributed by atoms with Gasteiger partial charge in [-0.1, -0.05) is 38.1 Å². The SMILES string of the molecule is C=CC(C)(C)C12C=C(O)C(=O)N3C(=Cc4cnc[nH]4)C(=O)NC31N(OC)c1ccccc12. The van der Waals surface area contributed by atoms with Crippen LogP contribution in [0.1, 0.15) is 25.1 Å². The predicted molar refractivity (Wildman–Crippen MR) is 117 cm³/mol. The van der Waals surface area contributed by atoms with Gasteiger partial charge in [0.1, 0.15) is 5.70 Å². The molecular weight excluding hydrogens is 410 g/mol. The number of H-pyrrole nitrogens is 1. The molecule has 2 amide bonds. The number of imidazole rings is 1. The van der Waals surface area contributed by atoms with Gasteiger partial charge in [0.25, 0.3) is 11.8 Å². The maximum atomic E-state index is 13.4. The molecule has 1 aromatic heterocycles. The van der Waals surface area contributed by atoms with Crippen molar-refractivity contribution >= 4 is 23.6 Å². The molecule has 2 atom stereocenters. The predicted octanol–water partition coefficient (Wildman–Crippen LogP) is 2.35. The number of nitrogens with one attached hydrogen (secondary N) is 2. The molecule has 0 bridgehead atoms. The molecule has 9 heteroatoms. The number of anilines is 1. The largest absolute Gasteiger partial charge is 0.503 e. The van der Waals surface area contributed by atoms with Crippen molar-refractivity contribution in [1.82, 2.24) is 20.2 Å². The minimum absolute atomic E-state index is 0.0537. The molecule has 4 heterocycles. The number of hydrogen-bond donors (Lipinski definition) is 3. The highest BCUT2D eigenvalue weighted by molar-refractivity contribution is 6.10. The molecule has 0 saturated carbocycles. The van der Waals surface area contributed by atoms with Gasteiger partial charge in [-0.2, -0.15) is 0 Å². The van der Waals surface area contributed by atoms with Gasteiger partial charge in [-0.05, 0) is 23.8 Å². The fourth-order valence-corrected chi connectivity index (χ4v) is 5.29. The Kier molecular flexibility index (Phi) is 3.97. The second-order valence-electron chi connectivity index (χ2n) is 8.56. The van der Waals surface area contributed by atoms with Crippen molar-refractivity contribution < 1.29 is 19.5 Å². The van der Waals surface area contributed by atoms with Crippen LogP contribution in [0.4, 0.5) is 5.69 Å². The van der Waals surface area contributed by atoms with Crippen LogP contribution in [0.25, 0.3) is 6.08 Å². The van der Waals surface area contributed by atoms with Crippen LogP contribution < -0.4 is 10.4 Å². The summed E-state index contributed by atoms with van der Waals surface area (Å²) in [4.78, 5) is 40.8. The quantitative estimate of drug-likeness (QED) is 0.504. The third kappa shape index (κ3) is 2.08. The lowest BCUT2D eigenvalue weighted by Gasteiger charge is -2.56. The van der Waals surface area contributed by atoms with Crippen LogP contribution in [-0.2, 0) is 19.8 Å². The number of amides is 2. The number of carbonyl (C=O) groups excluding carboxylic acids is 2. The van der Waals surface area contributed by atoms with Gasteiger partial charge >= 0.3 is 0 Å². The first kappa shape index (κ1) is 20.1. The number of nitrogens with zero attached hydrogens (tertiary/aromatic N) is 3. The van der Waals surface area contributed by atoms with E-state index in [0.29, 0.717) is 11.4 Å². The number of carbonyl (C=O) groups is 2. The van der Waals surface area contributed by atoms with Crippen molar-refractivity contribution in [2.75, 3.05) is 12.2 Å². The fourth-order valence-electron chi connectivity index (χ4n) is 5.29. The molecule has 3 aliphatic rings. The molecule has 9 nitrogen and oxygen atoms in total. The number of aromatic nitrogens is 2. The number of allylic oxidation sites excluding steroid dienone is 1. The number of fused-ring (bicyclic) bond motifs is 2. The van der Waals surface area contributed by atoms with Crippen LogP contribution in [0.2, 0.25) is 0 Å². The number of hydrogen-bond acceptors (Lipinski definition) is 6. The Morgan fingerprint density at radius 2 is 2.03 bits per heavy atom. The molecule has 1 aromatic carbocycles. The molecule has 2 aromatic rings. The van der Waals surface area contributed by atoms with E-state index in [1.807, 2.05) is 38.1 Å². The molecule has 164 valence electrons. The first-order valence-electron chi connectivity index (χ1n) is 10.1. The van der Waals surface area contributed by atoms with E-state index in [0.717, 1.165) is 5.56 Å². The minimum Gasteiger partial charge on any atom is -0.503 e. The third-order valence-corrected chi connectivity index (χ3v) is 6.77. The van der Waals surface area contributed by atoms with Gasteiger partial charge in [0, 0.05) is 5.41 Å². The molecule has 0 radical (unpaired) electrons. The zero-order valence-corrected chi connectivity index (χ0v) is 17.9. The zero-order valence-electron chi connectivity index (χ0n) is 17.9. The summed E-state index contributed by atoms with van der Waals surface area (Å²) in [7, 11) is 1.48. The molecule has 2 unspecified atom stereocenters. The highest BCUT2D eigenvalue weighted by Crippen LogP contribution is 2.64. The average molecular weight is 433 g/mol. The van der Waals surface area contributed by atoms with E-state index < -0.39 is 34.2 Å². The maximum absolute atomic E-state index is 13.4. The lowest BCUT2D eigenvalue weighted by atomic mass is 9.57. The van der Waals surface area contributed by atoms with Gasteiger partial charge in [0.05, 0.1) is 36.4 Å². The second-order valence-corrected chi connectivity index (χ2v) is 8.56. The molecule has 3 N–H and O–H groups in total. The lowest BCUT2D eigenvalue weighted by Crippen LogP contribution is -2.76. The number of aromatic amines is 1. The number of benzene rings is 1. The Morgan fingerprint density at radius 1 is 1.28 bits per heavy atom. The second kappa shape index (κ2) is 6.33. The Balaban J connectivity index is 1.91. The summed E-state index contributed by atoms with van der Waals surface area (Å²) in [6.45, 7) is 7.91. The number of hydroxylamine groups is 1. The molecule has 5 rings (SSSR count). The first-order chi connectivity index (χ1) is 15.2. The van der Waals surface area contributed by atoms with Crippen LogP contribution in [0.3, 0.4) is 0 Å². The smallest absolute Gasteiger partial charge is 0.296 e. The molecule has 32 heavy (non-hydrogen) atoms. The van der Waals surface area contributed by atoms with E-state index in [1.54, 1.807) is 6.08 Å². The summed E-state index contributed by atoms with van der Waals surface area (Å²) < 4.78 is 0. The first-order valence-corrected chi connectivity index (χ1v) is 10.1.